The smallest absolute Gasteiger partial charge is 0.246 e. The summed E-state index contributed by atoms with van der Waals surface area (Å²) in [7, 11) is 1.59. The molecule has 1 aromatic carbocycles. The van der Waals surface area contributed by atoms with Crippen LogP contribution in [0.4, 0.5) is 0 Å². The number of nitriles is 1. The largest absolute Gasteiger partial charge is 0.326 e. The van der Waals surface area contributed by atoms with Gasteiger partial charge in [0.15, 0.2) is 0 Å². The van der Waals surface area contributed by atoms with E-state index in [4.69, 9.17) is 16.9 Å². The fraction of sp³-hybridized carbons (Fsp3) is 0.385. The summed E-state index contributed by atoms with van der Waals surface area (Å²) >= 11 is 6.11. The molecule has 1 unspecified atom stereocenters. The Labute approximate surface area is 107 Å². The monoisotopic (exact) mass is 250 g/mol. The van der Waals surface area contributed by atoms with Crippen LogP contribution in [0.2, 0.25) is 0 Å². The molecule has 0 N–H and O–H groups in total. The van der Waals surface area contributed by atoms with E-state index in [1.807, 2.05) is 18.2 Å². The van der Waals surface area contributed by atoms with Gasteiger partial charge in [-0.25, -0.2) is 0 Å². The van der Waals surface area contributed by atoms with E-state index in [1.165, 1.54) is 4.90 Å². The van der Waals surface area contributed by atoms with E-state index in [0.29, 0.717) is 0 Å². The highest BCUT2D eigenvalue weighted by Gasteiger charge is 2.31. The second-order valence-corrected chi connectivity index (χ2v) is 4.78. The highest BCUT2D eigenvalue weighted by molar-refractivity contribution is 6.30. The molecular formula is C13H15ClN2O. The molecule has 1 amide bonds. The molecule has 1 rings (SSSR count). The van der Waals surface area contributed by atoms with Crippen molar-refractivity contribution in [2.75, 3.05) is 7.05 Å². The molecule has 0 bridgehead atoms. The van der Waals surface area contributed by atoms with Gasteiger partial charge in [0, 0.05) is 7.05 Å². The van der Waals surface area contributed by atoms with Gasteiger partial charge in [0.05, 0.1) is 6.07 Å². The summed E-state index contributed by atoms with van der Waals surface area (Å²) in [5.74, 6) is -0.274. The van der Waals surface area contributed by atoms with Gasteiger partial charge in [0.1, 0.15) is 10.9 Å². The van der Waals surface area contributed by atoms with Crippen molar-refractivity contribution < 1.29 is 4.79 Å². The highest BCUT2D eigenvalue weighted by atomic mass is 35.5. The normalized spacial score (nSPS) is 12.6. The molecule has 3 nitrogen and oxygen atoms in total. The molecule has 0 saturated heterocycles. The van der Waals surface area contributed by atoms with Crippen molar-refractivity contribution in [2.45, 2.75) is 24.8 Å². The molecule has 0 aliphatic rings. The molecule has 0 radical (unpaired) electrons. The van der Waals surface area contributed by atoms with Crippen LogP contribution in [0.5, 0.6) is 0 Å². The van der Waals surface area contributed by atoms with Crippen LogP contribution < -0.4 is 0 Å². The van der Waals surface area contributed by atoms with Gasteiger partial charge < -0.3 is 4.90 Å². The number of alkyl halides is 1. The Morgan fingerprint density at radius 1 is 1.41 bits per heavy atom. The third-order valence-corrected chi connectivity index (χ3v) is 3.19. The maximum absolute atomic E-state index is 12.1. The average molecular weight is 251 g/mol. The first kappa shape index (κ1) is 13.5. The van der Waals surface area contributed by atoms with E-state index < -0.39 is 10.9 Å². The topological polar surface area (TPSA) is 44.1 Å². The van der Waals surface area contributed by atoms with Crippen molar-refractivity contribution in [1.29, 1.82) is 5.26 Å². The lowest BCUT2D eigenvalue weighted by molar-refractivity contribution is -0.132. The fourth-order valence-electron chi connectivity index (χ4n) is 1.29. The summed E-state index contributed by atoms with van der Waals surface area (Å²) in [5.41, 5.74) is -0.126. The molecule has 0 aromatic heterocycles. The van der Waals surface area contributed by atoms with Crippen LogP contribution in [0.25, 0.3) is 0 Å². The van der Waals surface area contributed by atoms with Crippen LogP contribution >= 0.6 is 11.6 Å². The van der Waals surface area contributed by atoms with Gasteiger partial charge in [0.2, 0.25) is 5.91 Å². The molecule has 0 saturated carbocycles. The first-order chi connectivity index (χ1) is 7.90. The number of hydrogen-bond donors (Lipinski definition) is 0. The van der Waals surface area contributed by atoms with Crippen LogP contribution in [0, 0.1) is 11.3 Å². The minimum atomic E-state index is -0.862. The third kappa shape index (κ3) is 2.98. The number of benzene rings is 1. The molecule has 0 fully saturated rings. The Morgan fingerprint density at radius 3 is 2.41 bits per heavy atom. The van der Waals surface area contributed by atoms with E-state index in [-0.39, 0.29) is 5.91 Å². The summed E-state index contributed by atoms with van der Waals surface area (Å²) in [5, 5.41) is 8.22. The van der Waals surface area contributed by atoms with E-state index in [2.05, 4.69) is 6.07 Å². The second kappa shape index (κ2) is 5.20. The molecule has 1 atom stereocenters. The van der Waals surface area contributed by atoms with Crippen LogP contribution in [0.3, 0.4) is 0 Å². The van der Waals surface area contributed by atoms with Crippen molar-refractivity contribution in [3.63, 3.8) is 0 Å². The number of nitrogens with zero attached hydrogens (tertiary/aromatic N) is 2. The van der Waals surface area contributed by atoms with Gasteiger partial charge >= 0.3 is 0 Å². The van der Waals surface area contributed by atoms with E-state index >= 15 is 0 Å². The average Bonchev–Trinajstić information content (AvgIpc) is 2.37. The Kier molecular flexibility index (Phi) is 4.14. The second-order valence-electron chi connectivity index (χ2n) is 4.34. The molecule has 1 aromatic rings. The first-order valence-corrected chi connectivity index (χ1v) is 5.71. The van der Waals surface area contributed by atoms with Gasteiger partial charge in [-0.1, -0.05) is 30.3 Å². The van der Waals surface area contributed by atoms with Crippen molar-refractivity contribution >= 4 is 17.5 Å². The number of rotatable bonds is 3. The highest BCUT2D eigenvalue weighted by Crippen LogP contribution is 2.25. The standard InChI is InChI=1S/C13H15ClN2O/c1-13(2,9-15)16(3)12(17)11(14)10-7-5-4-6-8-10/h4-8,11H,1-3H3. The predicted octanol–water partition coefficient (Wildman–Crippen LogP) is 2.73. The number of halogens is 1. The van der Waals surface area contributed by atoms with Crippen molar-refractivity contribution in [3.05, 3.63) is 35.9 Å². The number of carbonyl (C=O) groups is 1. The molecule has 0 aliphatic heterocycles. The zero-order chi connectivity index (χ0) is 13.1. The lowest BCUT2D eigenvalue weighted by Gasteiger charge is -2.30. The van der Waals surface area contributed by atoms with Crippen molar-refractivity contribution in [1.82, 2.24) is 4.90 Å². The molecule has 0 aliphatic carbocycles. The molecule has 4 heteroatoms. The first-order valence-electron chi connectivity index (χ1n) is 5.28. The summed E-state index contributed by atoms with van der Waals surface area (Å²) in [6.45, 7) is 3.36. The number of hydrogen-bond acceptors (Lipinski definition) is 2. The Balaban J connectivity index is 2.89. The maximum Gasteiger partial charge on any atom is 0.246 e. The van der Waals surface area contributed by atoms with E-state index in [1.54, 1.807) is 33.0 Å². The lowest BCUT2D eigenvalue weighted by Crippen LogP contribution is -2.45. The Morgan fingerprint density at radius 2 is 1.94 bits per heavy atom. The van der Waals surface area contributed by atoms with Crippen LogP contribution in [0.15, 0.2) is 30.3 Å². The minimum Gasteiger partial charge on any atom is -0.326 e. The molecule has 0 spiro atoms. The third-order valence-electron chi connectivity index (χ3n) is 2.75. The fourth-order valence-corrected chi connectivity index (χ4v) is 1.58. The van der Waals surface area contributed by atoms with E-state index in [0.717, 1.165) is 5.56 Å². The molecule has 0 heterocycles. The summed E-state index contributed by atoms with van der Waals surface area (Å²) in [6, 6.07) is 11.2. The van der Waals surface area contributed by atoms with Gasteiger partial charge in [-0.05, 0) is 19.4 Å². The number of carbonyl (C=O) groups excluding carboxylic acids is 1. The zero-order valence-corrected chi connectivity index (χ0v) is 10.9. The summed E-state index contributed by atoms with van der Waals surface area (Å²) in [4.78, 5) is 13.5. The van der Waals surface area contributed by atoms with Gasteiger partial charge in [-0.15, -0.1) is 11.6 Å². The van der Waals surface area contributed by atoms with E-state index in [9.17, 15) is 4.79 Å². The molecular weight excluding hydrogens is 236 g/mol. The van der Waals surface area contributed by atoms with Gasteiger partial charge in [0.25, 0.3) is 0 Å². The zero-order valence-electron chi connectivity index (χ0n) is 10.1. The molecule has 17 heavy (non-hydrogen) atoms. The Bertz CT molecular complexity index is 436. The number of likely N-dealkylation sites (N-methyl/N-ethyl adjacent to an activating group) is 1. The summed E-state index contributed by atoms with van der Waals surface area (Å²) in [6.07, 6.45) is 0. The summed E-state index contributed by atoms with van der Waals surface area (Å²) < 4.78 is 0. The lowest BCUT2D eigenvalue weighted by atomic mass is 10.0. The van der Waals surface area contributed by atoms with Crippen LogP contribution in [-0.2, 0) is 4.79 Å². The predicted molar refractivity (Wildman–Crippen MR) is 67.5 cm³/mol. The van der Waals surface area contributed by atoms with Crippen LogP contribution in [0.1, 0.15) is 24.8 Å². The maximum atomic E-state index is 12.1. The van der Waals surface area contributed by atoms with Crippen molar-refractivity contribution in [3.8, 4) is 6.07 Å². The molecule has 90 valence electrons. The van der Waals surface area contributed by atoms with Gasteiger partial charge in [-0.2, -0.15) is 5.26 Å². The minimum absolute atomic E-state index is 0.274. The van der Waals surface area contributed by atoms with Crippen LogP contribution in [-0.4, -0.2) is 23.4 Å². The Hall–Kier alpha value is -1.53. The van der Waals surface area contributed by atoms with Gasteiger partial charge in [-0.3, -0.25) is 4.79 Å². The van der Waals surface area contributed by atoms with Crippen molar-refractivity contribution in [2.24, 2.45) is 0 Å². The SMILES string of the molecule is CN(C(=O)C(Cl)c1ccccc1)C(C)(C)C#N. The number of amides is 1. The quantitative estimate of drug-likeness (QED) is 0.775.